The van der Waals surface area contributed by atoms with Gasteiger partial charge in [0.05, 0.1) is 6.61 Å². The fraction of sp³-hybridized carbons (Fsp3) is 0.429. The third kappa shape index (κ3) is 3.98. The first-order valence-corrected chi connectivity index (χ1v) is 6.43. The van der Waals surface area contributed by atoms with Crippen molar-refractivity contribution >= 4 is 17.7 Å². The van der Waals surface area contributed by atoms with Gasteiger partial charge >= 0.3 is 6.09 Å². The van der Waals surface area contributed by atoms with E-state index in [-0.39, 0.29) is 18.4 Å². The zero-order valence-electron chi connectivity index (χ0n) is 11.0. The van der Waals surface area contributed by atoms with Gasteiger partial charge in [-0.25, -0.2) is 4.79 Å². The number of amides is 2. The Hall–Kier alpha value is -2.04. The summed E-state index contributed by atoms with van der Waals surface area (Å²) in [6.07, 6.45) is 0.781. The molecule has 19 heavy (non-hydrogen) atoms. The molecule has 1 aliphatic heterocycles. The highest BCUT2D eigenvalue weighted by Gasteiger charge is 2.19. The Morgan fingerprint density at radius 1 is 1.37 bits per heavy atom. The Morgan fingerprint density at radius 2 is 2.11 bits per heavy atom. The minimum Gasteiger partial charge on any atom is -0.449 e. The van der Waals surface area contributed by atoms with Crippen molar-refractivity contribution in [1.29, 1.82) is 0 Å². The summed E-state index contributed by atoms with van der Waals surface area (Å²) in [6, 6.07) is 7.61. The summed E-state index contributed by atoms with van der Waals surface area (Å²) in [6.45, 7) is 3.53. The van der Waals surface area contributed by atoms with E-state index in [1.807, 2.05) is 31.2 Å². The van der Waals surface area contributed by atoms with E-state index in [4.69, 9.17) is 4.74 Å². The molecule has 0 aliphatic carbocycles. The van der Waals surface area contributed by atoms with Crippen LogP contribution in [0.4, 0.5) is 10.5 Å². The van der Waals surface area contributed by atoms with Crippen LogP contribution in [-0.4, -0.2) is 36.6 Å². The molecule has 1 aromatic carbocycles. The van der Waals surface area contributed by atoms with Crippen molar-refractivity contribution in [3.8, 4) is 0 Å². The first-order valence-electron chi connectivity index (χ1n) is 6.43. The number of carbonyl (C=O) groups excluding carboxylic acids is 2. The maximum Gasteiger partial charge on any atom is 0.409 e. The molecule has 1 aromatic rings. The summed E-state index contributed by atoms with van der Waals surface area (Å²) in [5, 5.41) is 2.81. The molecule has 0 unspecified atom stereocenters. The third-order valence-electron chi connectivity index (χ3n) is 3.00. The number of benzene rings is 1. The van der Waals surface area contributed by atoms with Crippen LogP contribution in [0.1, 0.15) is 18.4 Å². The molecule has 5 heteroatoms. The van der Waals surface area contributed by atoms with Crippen LogP contribution in [0.15, 0.2) is 24.3 Å². The lowest BCUT2D eigenvalue weighted by Crippen LogP contribution is -2.39. The van der Waals surface area contributed by atoms with Crippen LogP contribution in [0.25, 0.3) is 0 Å². The SMILES string of the molecule is Cc1ccc(NC(=O)CCN2CCCOC2=O)cc1. The topological polar surface area (TPSA) is 58.6 Å². The van der Waals surface area contributed by atoms with Gasteiger partial charge in [-0.2, -0.15) is 0 Å². The van der Waals surface area contributed by atoms with Gasteiger partial charge in [-0.15, -0.1) is 0 Å². The minimum atomic E-state index is -0.325. The predicted molar refractivity (Wildman–Crippen MR) is 72.0 cm³/mol. The highest BCUT2D eigenvalue weighted by atomic mass is 16.6. The highest BCUT2D eigenvalue weighted by molar-refractivity contribution is 5.91. The zero-order chi connectivity index (χ0) is 13.7. The van der Waals surface area contributed by atoms with Crippen LogP contribution < -0.4 is 5.32 Å². The van der Waals surface area contributed by atoms with Gasteiger partial charge in [0.1, 0.15) is 0 Å². The molecule has 0 spiro atoms. The fourth-order valence-corrected chi connectivity index (χ4v) is 1.90. The molecular formula is C14H18N2O3. The van der Waals surface area contributed by atoms with Crippen LogP contribution in [0.5, 0.6) is 0 Å². The van der Waals surface area contributed by atoms with E-state index in [0.29, 0.717) is 19.7 Å². The number of cyclic esters (lactones) is 1. The van der Waals surface area contributed by atoms with E-state index in [2.05, 4.69) is 5.32 Å². The molecule has 1 saturated heterocycles. The molecule has 1 N–H and O–H groups in total. The van der Waals surface area contributed by atoms with Crippen molar-refractivity contribution in [1.82, 2.24) is 4.90 Å². The highest BCUT2D eigenvalue weighted by Crippen LogP contribution is 2.10. The number of nitrogens with zero attached hydrogens (tertiary/aromatic N) is 1. The Bertz CT molecular complexity index is 456. The van der Waals surface area contributed by atoms with Crippen molar-refractivity contribution in [2.45, 2.75) is 19.8 Å². The lowest BCUT2D eigenvalue weighted by molar-refractivity contribution is -0.116. The van der Waals surface area contributed by atoms with E-state index in [1.54, 1.807) is 4.90 Å². The molecule has 102 valence electrons. The van der Waals surface area contributed by atoms with Crippen molar-refractivity contribution in [3.63, 3.8) is 0 Å². The second-order valence-corrected chi connectivity index (χ2v) is 4.62. The summed E-state index contributed by atoms with van der Waals surface area (Å²) in [5.74, 6) is -0.0952. The van der Waals surface area contributed by atoms with Gasteiger partial charge in [0.2, 0.25) is 5.91 Å². The molecule has 1 heterocycles. The standard InChI is InChI=1S/C14H18N2O3/c1-11-3-5-12(6-4-11)15-13(17)7-9-16-8-2-10-19-14(16)18/h3-6H,2,7-10H2,1H3,(H,15,17). The number of rotatable bonds is 4. The number of hydrogen-bond donors (Lipinski definition) is 1. The fourth-order valence-electron chi connectivity index (χ4n) is 1.90. The lowest BCUT2D eigenvalue weighted by Gasteiger charge is -2.25. The predicted octanol–water partition coefficient (Wildman–Crippen LogP) is 2.17. The van der Waals surface area contributed by atoms with Crippen LogP contribution in [0.3, 0.4) is 0 Å². The van der Waals surface area contributed by atoms with Gasteiger partial charge in [-0.3, -0.25) is 4.79 Å². The summed E-state index contributed by atoms with van der Waals surface area (Å²) in [4.78, 5) is 24.7. The molecule has 0 atom stereocenters. The molecule has 5 nitrogen and oxygen atoms in total. The summed E-state index contributed by atoms with van der Waals surface area (Å²) >= 11 is 0. The quantitative estimate of drug-likeness (QED) is 0.904. The van der Waals surface area contributed by atoms with Gasteiger partial charge in [0.25, 0.3) is 0 Å². The van der Waals surface area contributed by atoms with E-state index >= 15 is 0 Å². The van der Waals surface area contributed by atoms with E-state index in [1.165, 1.54) is 0 Å². The molecule has 0 bridgehead atoms. The first kappa shape index (κ1) is 13.4. The second kappa shape index (κ2) is 6.22. The normalized spacial score (nSPS) is 15.0. The Balaban J connectivity index is 1.78. The third-order valence-corrected chi connectivity index (χ3v) is 3.00. The molecule has 0 saturated carbocycles. The summed E-state index contributed by atoms with van der Waals surface area (Å²) in [7, 11) is 0. The van der Waals surface area contributed by atoms with Gasteiger partial charge in [0, 0.05) is 25.2 Å². The largest absolute Gasteiger partial charge is 0.449 e. The smallest absolute Gasteiger partial charge is 0.409 e. The molecule has 1 fully saturated rings. The Labute approximate surface area is 112 Å². The van der Waals surface area contributed by atoms with Gasteiger partial charge in [0.15, 0.2) is 0 Å². The van der Waals surface area contributed by atoms with Gasteiger partial charge in [-0.1, -0.05) is 17.7 Å². The number of nitrogens with one attached hydrogen (secondary N) is 1. The average Bonchev–Trinajstić information content (AvgIpc) is 2.40. The van der Waals surface area contributed by atoms with E-state index < -0.39 is 0 Å². The maximum absolute atomic E-state index is 11.8. The molecule has 2 amide bonds. The van der Waals surface area contributed by atoms with Crippen LogP contribution in [0, 0.1) is 6.92 Å². The van der Waals surface area contributed by atoms with Crippen molar-refractivity contribution in [2.24, 2.45) is 0 Å². The number of aryl methyl sites for hydroxylation is 1. The van der Waals surface area contributed by atoms with Crippen molar-refractivity contribution in [2.75, 3.05) is 25.0 Å². The van der Waals surface area contributed by atoms with Crippen molar-refractivity contribution in [3.05, 3.63) is 29.8 Å². The Morgan fingerprint density at radius 3 is 2.79 bits per heavy atom. The lowest BCUT2D eigenvalue weighted by atomic mass is 10.2. The van der Waals surface area contributed by atoms with Crippen LogP contribution in [0.2, 0.25) is 0 Å². The Kier molecular flexibility index (Phi) is 4.39. The second-order valence-electron chi connectivity index (χ2n) is 4.62. The number of anilines is 1. The summed E-state index contributed by atoms with van der Waals surface area (Å²) in [5.41, 5.74) is 1.92. The number of hydrogen-bond acceptors (Lipinski definition) is 3. The van der Waals surface area contributed by atoms with E-state index in [0.717, 1.165) is 17.7 Å². The molecular weight excluding hydrogens is 244 g/mol. The number of ether oxygens (including phenoxy) is 1. The monoisotopic (exact) mass is 262 g/mol. The van der Waals surface area contributed by atoms with Crippen LogP contribution >= 0.6 is 0 Å². The molecule has 2 rings (SSSR count). The van der Waals surface area contributed by atoms with Gasteiger partial charge < -0.3 is 15.0 Å². The van der Waals surface area contributed by atoms with Crippen LogP contribution in [-0.2, 0) is 9.53 Å². The maximum atomic E-state index is 11.8. The minimum absolute atomic E-state index is 0.0952. The van der Waals surface area contributed by atoms with E-state index in [9.17, 15) is 9.59 Å². The van der Waals surface area contributed by atoms with Crippen molar-refractivity contribution < 1.29 is 14.3 Å². The van der Waals surface area contributed by atoms with Gasteiger partial charge in [-0.05, 0) is 25.5 Å². The molecule has 0 radical (unpaired) electrons. The zero-order valence-corrected chi connectivity index (χ0v) is 11.0. The average molecular weight is 262 g/mol. The number of carbonyl (C=O) groups is 2. The molecule has 1 aliphatic rings. The molecule has 0 aromatic heterocycles. The summed E-state index contributed by atoms with van der Waals surface area (Å²) < 4.78 is 4.91. The first-order chi connectivity index (χ1) is 9.15.